The molecule has 0 radical (unpaired) electrons. The normalized spacial score (nSPS) is 9.48. The quantitative estimate of drug-likeness (QED) is 0.111. The summed E-state index contributed by atoms with van der Waals surface area (Å²) in [5.74, 6) is 0. The Labute approximate surface area is 161 Å². The maximum absolute atomic E-state index is 3.82. The molecular weight excluding hydrogens is 330 g/mol. The summed E-state index contributed by atoms with van der Waals surface area (Å²) >= 11 is 0. The van der Waals surface area contributed by atoms with E-state index < -0.39 is 0 Å². The minimum atomic E-state index is 0. The Hall–Kier alpha value is 0.103. The van der Waals surface area contributed by atoms with E-state index in [0.29, 0.717) is 0 Å². The number of hydrogen-bond donors (Lipinski definition) is 0. The van der Waals surface area contributed by atoms with Crippen molar-refractivity contribution in [1.29, 1.82) is 0 Å². The summed E-state index contributed by atoms with van der Waals surface area (Å²) in [7, 11) is 0. The molecule has 0 aromatic carbocycles. The van der Waals surface area contributed by atoms with Crippen LogP contribution in [-0.2, 0) is 19.5 Å². The van der Waals surface area contributed by atoms with E-state index >= 15 is 0 Å². The Bertz CT molecular complexity index is 176. The van der Waals surface area contributed by atoms with Gasteiger partial charge in [0.1, 0.15) is 0 Å². The van der Waals surface area contributed by atoms with Crippen LogP contribution in [0.25, 0.3) is 0 Å². The van der Waals surface area contributed by atoms with Crippen LogP contribution in [0.5, 0.6) is 0 Å². The van der Waals surface area contributed by atoms with E-state index in [2.05, 4.69) is 27.0 Å². The largest absolute Gasteiger partial charge is 2.00 e. The summed E-state index contributed by atoms with van der Waals surface area (Å²) in [5.41, 5.74) is 0. The standard InChI is InChI=1S/2C11H21.Zn/c2*1-3-5-7-9-11-10-8-6-4-2;/h2*3H,1-2,4-11H2;/q2*-1;+2. The SMILES string of the molecule is C=CCCCCCCCC[CH2-].C=CCCCCCCCC[CH2-].[Zn+2]. The van der Waals surface area contributed by atoms with E-state index in [0.717, 1.165) is 12.8 Å². The molecule has 0 atom stereocenters. The molecule has 1 heteroatoms. The smallest absolute Gasteiger partial charge is 0.343 e. The van der Waals surface area contributed by atoms with Crippen molar-refractivity contribution in [3.63, 3.8) is 0 Å². The van der Waals surface area contributed by atoms with Crippen LogP contribution in [0, 0.1) is 13.8 Å². The molecular formula is C22H42Zn. The van der Waals surface area contributed by atoms with Crippen molar-refractivity contribution < 1.29 is 19.5 Å². The zero-order chi connectivity index (χ0) is 16.7. The Balaban J connectivity index is -0.000000333. The molecule has 0 N–H and O–H groups in total. The Morgan fingerprint density at radius 2 is 0.739 bits per heavy atom. The molecule has 0 saturated carbocycles. The molecule has 0 unspecified atom stereocenters. The topological polar surface area (TPSA) is 0 Å². The van der Waals surface area contributed by atoms with E-state index in [1.807, 2.05) is 12.2 Å². The van der Waals surface area contributed by atoms with Crippen molar-refractivity contribution in [2.24, 2.45) is 0 Å². The van der Waals surface area contributed by atoms with E-state index in [1.54, 1.807) is 0 Å². The van der Waals surface area contributed by atoms with E-state index in [4.69, 9.17) is 0 Å². The fourth-order valence-corrected chi connectivity index (χ4v) is 2.35. The van der Waals surface area contributed by atoms with E-state index in [1.165, 1.54) is 89.9 Å². The van der Waals surface area contributed by atoms with Crippen LogP contribution in [0.2, 0.25) is 0 Å². The van der Waals surface area contributed by atoms with Gasteiger partial charge in [-0.05, 0) is 25.7 Å². The number of allylic oxidation sites excluding steroid dienone is 2. The number of rotatable bonds is 16. The zero-order valence-corrected chi connectivity index (χ0v) is 19.0. The summed E-state index contributed by atoms with van der Waals surface area (Å²) in [6.45, 7) is 15.0. The predicted molar refractivity (Wildman–Crippen MR) is 105 cm³/mol. The van der Waals surface area contributed by atoms with Crippen LogP contribution in [0.1, 0.15) is 103 Å². The van der Waals surface area contributed by atoms with Crippen molar-refractivity contribution in [3.8, 4) is 0 Å². The van der Waals surface area contributed by atoms with Gasteiger partial charge in [0.05, 0.1) is 0 Å². The van der Waals surface area contributed by atoms with Gasteiger partial charge in [-0.25, -0.2) is 0 Å². The van der Waals surface area contributed by atoms with Gasteiger partial charge in [0.15, 0.2) is 0 Å². The second-order valence-electron chi connectivity index (χ2n) is 6.10. The van der Waals surface area contributed by atoms with Crippen LogP contribution >= 0.6 is 0 Å². The van der Waals surface area contributed by atoms with Gasteiger partial charge in [-0.3, -0.25) is 0 Å². The molecule has 0 aliphatic heterocycles. The first-order chi connectivity index (χ1) is 10.8. The average Bonchev–Trinajstić information content (AvgIpc) is 2.54. The summed E-state index contributed by atoms with van der Waals surface area (Å²) in [4.78, 5) is 0. The molecule has 0 bridgehead atoms. The molecule has 0 spiro atoms. The first-order valence-electron chi connectivity index (χ1n) is 9.63. The maximum Gasteiger partial charge on any atom is 2.00 e. The van der Waals surface area contributed by atoms with Crippen LogP contribution in [0.4, 0.5) is 0 Å². The second kappa shape index (κ2) is 30.0. The molecule has 0 rings (SSSR count). The van der Waals surface area contributed by atoms with Gasteiger partial charge in [-0.1, -0.05) is 76.4 Å². The Morgan fingerprint density at radius 3 is 1.00 bits per heavy atom. The fourth-order valence-electron chi connectivity index (χ4n) is 2.35. The molecule has 0 heterocycles. The van der Waals surface area contributed by atoms with Gasteiger partial charge in [0.25, 0.3) is 0 Å². The molecule has 132 valence electrons. The molecule has 0 amide bonds. The Morgan fingerprint density at radius 1 is 0.478 bits per heavy atom. The molecule has 0 nitrogen and oxygen atoms in total. The van der Waals surface area contributed by atoms with Crippen molar-refractivity contribution in [2.75, 3.05) is 0 Å². The molecule has 0 aromatic rings. The average molecular weight is 372 g/mol. The van der Waals surface area contributed by atoms with Crippen molar-refractivity contribution in [2.45, 2.75) is 103 Å². The predicted octanol–water partition coefficient (Wildman–Crippen LogP) is 8.25. The summed E-state index contributed by atoms with van der Waals surface area (Å²) in [6, 6.07) is 0. The first kappa shape index (κ1) is 27.9. The van der Waals surface area contributed by atoms with E-state index in [-0.39, 0.29) is 19.5 Å². The molecule has 0 saturated heterocycles. The Kier molecular flexibility index (Phi) is 36.5. The van der Waals surface area contributed by atoms with Gasteiger partial charge in [0, 0.05) is 0 Å². The molecule has 23 heavy (non-hydrogen) atoms. The summed E-state index contributed by atoms with van der Waals surface area (Å²) in [6.07, 6.45) is 25.0. The van der Waals surface area contributed by atoms with Gasteiger partial charge in [-0.15, -0.1) is 13.2 Å². The van der Waals surface area contributed by atoms with Crippen molar-refractivity contribution in [3.05, 3.63) is 39.2 Å². The molecule has 0 fully saturated rings. The van der Waals surface area contributed by atoms with Gasteiger partial charge < -0.3 is 13.8 Å². The number of unbranched alkanes of at least 4 members (excludes halogenated alkanes) is 14. The molecule has 0 aliphatic carbocycles. The minimum absolute atomic E-state index is 0. The van der Waals surface area contributed by atoms with Gasteiger partial charge in [-0.2, -0.15) is 12.8 Å². The van der Waals surface area contributed by atoms with Crippen LogP contribution in [-0.4, -0.2) is 0 Å². The third kappa shape index (κ3) is 34.4. The van der Waals surface area contributed by atoms with Crippen molar-refractivity contribution >= 4 is 0 Å². The minimum Gasteiger partial charge on any atom is -0.343 e. The monoisotopic (exact) mass is 370 g/mol. The van der Waals surface area contributed by atoms with Crippen LogP contribution in [0.15, 0.2) is 25.3 Å². The van der Waals surface area contributed by atoms with Gasteiger partial charge >= 0.3 is 19.5 Å². The third-order valence-corrected chi connectivity index (χ3v) is 3.82. The fraction of sp³-hybridized carbons (Fsp3) is 0.727. The van der Waals surface area contributed by atoms with E-state index in [9.17, 15) is 0 Å². The maximum atomic E-state index is 3.82. The summed E-state index contributed by atoms with van der Waals surface area (Å²) in [5, 5.41) is 0. The van der Waals surface area contributed by atoms with Crippen LogP contribution < -0.4 is 0 Å². The zero-order valence-electron chi connectivity index (χ0n) is 16.0. The second-order valence-corrected chi connectivity index (χ2v) is 6.10. The first-order valence-corrected chi connectivity index (χ1v) is 9.63. The van der Waals surface area contributed by atoms with Gasteiger partial charge in [0.2, 0.25) is 0 Å². The van der Waals surface area contributed by atoms with Crippen LogP contribution in [0.3, 0.4) is 0 Å². The summed E-state index contributed by atoms with van der Waals surface area (Å²) < 4.78 is 0. The molecule has 0 aromatic heterocycles. The third-order valence-electron chi connectivity index (χ3n) is 3.82. The molecule has 0 aliphatic rings. The number of hydrogen-bond acceptors (Lipinski definition) is 0. The van der Waals surface area contributed by atoms with Crippen molar-refractivity contribution in [1.82, 2.24) is 0 Å².